The monoisotopic (exact) mass is 442 g/mol. The topological polar surface area (TPSA) is 70.1 Å². The third-order valence-electron chi connectivity index (χ3n) is 4.64. The number of fused-ring (bicyclic) bond motifs is 2. The molecule has 10 heteroatoms. The number of imidazole rings is 1. The van der Waals surface area contributed by atoms with E-state index in [2.05, 4.69) is 24.9 Å². The Hall–Kier alpha value is -3.04. The number of para-hydroxylation sites is 1. The second kappa shape index (κ2) is 7.66. The van der Waals surface area contributed by atoms with Crippen LogP contribution in [0, 0.1) is 11.6 Å². The second-order valence-electron chi connectivity index (χ2n) is 6.51. The molecule has 2 aromatic carbocycles. The third-order valence-corrected chi connectivity index (χ3v) is 6.01. The Kier molecular flexibility index (Phi) is 4.84. The van der Waals surface area contributed by atoms with Crippen molar-refractivity contribution in [3.63, 3.8) is 0 Å². The molecule has 4 aromatic rings. The van der Waals surface area contributed by atoms with Crippen molar-refractivity contribution in [1.29, 1.82) is 0 Å². The molecule has 2 aromatic heterocycles. The first-order valence-electron chi connectivity index (χ1n) is 8.94. The lowest BCUT2D eigenvalue weighted by Crippen LogP contribution is -2.44. The van der Waals surface area contributed by atoms with Crippen molar-refractivity contribution >= 4 is 46.4 Å². The molecule has 1 atom stereocenters. The molecule has 0 bridgehead atoms. The van der Waals surface area contributed by atoms with Crippen molar-refractivity contribution in [2.24, 2.45) is 4.99 Å². The van der Waals surface area contributed by atoms with Gasteiger partial charge in [0.15, 0.2) is 17.3 Å². The number of halogens is 3. The summed E-state index contributed by atoms with van der Waals surface area (Å²) < 4.78 is 27.6. The van der Waals surface area contributed by atoms with Crippen molar-refractivity contribution in [1.82, 2.24) is 19.9 Å². The molecule has 0 saturated carbocycles. The zero-order valence-electron chi connectivity index (χ0n) is 15.3. The van der Waals surface area contributed by atoms with Gasteiger partial charge in [-0.25, -0.2) is 23.7 Å². The SMILES string of the molecule is Fc1cc2c(cc1F)=NC(CSc1ncnc3nc[nH]c13)N(c1ccccc1Cl)C=2. The molecule has 0 aliphatic carbocycles. The summed E-state index contributed by atoms with van der Waals surface area (Å²) in [5.74, 6) is -1.38. The van der Waals surface area contributed by atoms with Gasteiger partial charge in [0.05, 0.1) is 22.4 Å². The van der Waals surface area contributed by atoms with E-state index in [1.165, 1.54) is 18.1 Å². The summed E-state index contributed by atoms with van der Waals surface area (Å²) in [5, 5.41) is 2.12. The summed E-state index contributed by atoms with van der Waals surface area (Å²) in [6.45, 7) is 0. The molecule has 1 aliphatic rings. The second-order valence-corrected chi connectivity index (χ2v) is 7.93. The number of hydrogen-bond acceptors (Lipinski definition) is 6. The Balaban J connectivity index is 1.56. The normalized spacial score (nSPS) is 15.6. The van der Waals surface area contributed by atoms with Crippen LogP contribution in [0.5, 0.6) is 0 Å². The van der Waals surface area contributed by atoms with Crippen LogP contribution in [0.1, 0.15) is 0 Å². The fourth-order valence-electron chi connectivity index (χ4n) is 3.24. The van der Waals surface area contributed by atoms with Crippen LogP contribution in [0.2, 0.25) is 5.02 Å². The van der Waals surface area contributed by atoms with E-state index in [9.17, 15) is 8.78 Å². The first-order valence-corrected chi connectivity index (χ1v) is 10.3. The fraction of sp³-hybridized carbons (Fsp3) is 0.100. The molecule has 0 spiro atoms. The largest absolute Gasteiger partial charge is 0.341 e. The van der Waals surface area contributed by atoms with Crippen LogP contribution >= 0.6 is 23.4 Å². The van der Waals surface area contributed by atoms with Gasteiger partial charge in [0.1, 0.15) is 23.0 Å². The van der Waals surface area contributed by atoms with Crippen LogP contribution in [0.3, 0.4) is 0 Å². The van der Waals surface area contributed by atoms with E-state index >= 15 is 0 Å². The highest BCUT2D eigenvalue weighted by atomic mass is 35.5. The molecule has 30 heavy (non-hydrogen) atoms. The molecule has 1 unspecified atom stereocenters. The number of H-pyrrole nitrogens is 1. The molecule has 1 aliphatic heterocycles. The zero-order chi connectivity index (χ0) is 20.7. The highest BCUT2D eigenvalue weighted by Gasteiger charge is 2.23. The quantitative estimate of drug-likeness (QED) is 0.388. The van der Waals surface area contributed by atoms with E-state index in [-0.39, 0.29) is 0 Å². The number of benzene rings is 2. The van der Waals surface area contributed by atoms with Crippen LogP contribution < -0.4 is 15.5 Å². The lowest BCUT2D eigenvalue weighted by Gasteiger charge is -2.30. The van der Waals surface area contributed by atoms with E-state index in [4.69, 9.17) is 11.6 Å². The first kappa shape index (κ1) is 19.0. The number of thioether (sulfide) groups is 1. The summed E-state index contributed by atoms with van der Waals surface area (Å²) >= 11 is 7.87. The highest BCUT2D eigenvalue weighted by molar-refractivity contribution is 7.99. The van der Waals surface area contributed by atoms with Gasteiger partial charge in [-0.15, -0.1) is 0 Å². The predicted octanol–water partition coefficient (Wildman–Crippen LogP) is 3.28. The zero-order valence-corrected chi connectivity index (χ0v) is 16.8. The Labute approximate surface area is 178 Å². The number of nitrogens with zero attached hydrogens (tertiary/aromatic N) is 5. The molecular formula is C20H13ClF2N6S. The van der Waals surface area contributed by atoms with E-state index in [0.29, 0.717) is 27.0 Å². The molecule has 0 radical (unpaired) electrons. The Morgan fingerprint density at radius 2 is 1.93 bits per heavy atom. The number of rotatable bonds is 4. The van der Waals surface area contributed by atoms with Gasteiger partial charge in [-0.1, -0.05) is 35.5 Å². The van der Waals surface area contributed by atoms with Crippen molar-refractivity contribution in [3.8, 4) is 0 Å². The van der Waals surface area contributed by atoms with Gasteiger partial charge in [0, 0.05) is 23.2 Å². The average Bonchev–Trinajstić information content (AvgIpc) is 3.23. The minimum Gasteiger partial charge on any atom is -0.341 e. The lowest BCUT2D eigenvalue weighted by atomic mass is 10.2. The molecule has 0 fully saturated rings. The summed E-state index contributed by atoms with van der Waals surface area (Å²) in [4.78, 5) is 22.1. The number of nitrogens with one attached hydrogen (secondary N) is 1. The van der Waals surface area contributed by atoms with Gasteiger partial charge in [0.25, 0.3) is 0 Å². The number of hydrogen-bond donors (Lipinski definition) is 1. The minimum atomic E-state index is -0.932. The summed E-state index contributed by atoms with van der Waals surface area (Å²) in [5.41, 5.74) is 2.03. The van der Waals surface area contributed by atoms with Gasteiger partial charge < -0.3 is 9.88 Å². The predicted molar refractivity (Wildman–Crippen MR) is 112 cm³/mol. The van der Waals surface area contributed by atoms with Crippen LogP contribution in [0.4, 0.5) is 14.5 Å². The Bertz CT molecular complexity index is 1380. The van der Waals surface area contributed by atoms with E-state index < -0.39 is 17.8 Å². The van der Waals surface area contributed by atoms with Crippen molar-refractivity contribution < 1.29 is 8.78 Å². The molecule has 150 valence electrons. The summed E-state index contributed by atoms with van der Waals surface area (Å²) in [6.07, 6.45) is 4.34. The Morgan fingerprint density at radius 3 is 2.80 bits per heavy atom. The third kappa shape index (κ3) is 3.40. The number of anilines is 1. The van der Waals surface area contributed by atoms with Crippen LogP contribution in [-0.4, -0.2) is 31.9 Å². The molecule has 5 rings (SSSR count). The van der Waals surface area contributed by atoms with E-state index in [0.717, 1.165) is 28.4 Å². The summed E-state index contributed by atoms with van der Waals surface area (Å²) in [7, 11) is 0. The average molecular weight is 443 g/mol. The summed E-state index contributed by atoms with van der Waals surface area (Å²) in [6, 6.07) is 9.57. The smallest absolute Gasteiger partial charge is 0.181 e. The van der Waals surface area contributed by atoms with Crippen LogP contribution in [0.15, 0.2) is 59.1 Å². The van der Waals surface area contributed by atoms with E-state index in [1.807, 2.05) is 23.1 Å². The molecule has 3 heterocycles. The van der Waals surface area contributed by atoms with Crippen molar-refractivity contribution in [3.05, 3.63) is 76.3 Å². The lowest BCUT2D eigenvalue weighted by molar-refractivity contribution is 0.505. The molecule has 6 nitrogen and oxygen atoms in total. The molecule has 0 saturated heterocycles. The maximum atomic E-state index is 13.8. The first-order chi connectivity index (χ1) is 14.6. The maximum Gasteiger partial charge on any atom is 0.181 e. The van der Waals surface area contributed by atoms with Gasteiger partial charge in [-0.3, -0.25) is 4.99 Å². The van der Waals surface area contributed by atoms with Gasteiger partial charge in [-0.05, 0) is 18.2 Å². The van der Waals surface area contributed by atoms with Gasteiger partial charge in [-0.2, -0.15) is 0 Å². The molecular weight excluding hydrogens is 430 g/mol. The maximum absolute atomic E-state index is 13.8. The highest BCUT2D eigenvalue weighted by Crippen LogP contribution is 2.31. The van der Waals surface area contributed by atoms with Crippen molar-refractivity contribution in [2.75, 3.05) is 10.7 Å². The van der Waals surface area contributed by atoms with Crippen LogP contribution in [0.25, 0.3) is 17.4 Å². The fourth-order valence-corrected chi connectivity index (χ4v) is 4.43. The van der Waals surface area contributed by atoms with E-state index in [1.54, 1.807) is 18.6 Å². The molecule has 1 N–H and O–H groups in total. The number of aromatic nitrogens is 4. The minimum absolute atomic E-state index is 0.386. The van der Waals surface area contributed by atoms with Gasteiger partial charge >= 0.3 is 0 Å². The van der Waals surface area contributed by atoms with Crippen molar-refractivity contribution in [2.45, 2.75) is 11.2 Å². The standard InChI is InChI=1S/C20H13ClF2N6S/c21-12-3-1-2-4-16(12)29-7-11-5-13(22)14(23)6-15(11)28-17(29)8-30-20-18-19(25-9-24-18)26-10-27-20/h1-7,9-10,17H,8H2,(H,24,25,26,27). The number of aromatic amines is 1. The molecule has 0 amide bonds. The van der Waals surface area contributed by atoms with Crippen LogP contribution in [-0.2, 0) is 0 Å². The Morgan fingerprint density at radius 1 is 1.10 bits per heavy atom. The van der Waals surface area contributed by atoms with Gasteiger partial charge in [0.2, 0.25) is 0 Å².